The van der Waals surface area contributed by atoms with Crippen LogP contribution in [0.5, 0.6) is 0 Å². The standard InChI is InChI=1S/C15H17ClN4O/c16-12-6-2-1-5-11(12)13-8-14(19-18-13)15(21)20-7-3-4-10(20)9-17/h1-2,5-6,8,10H,3-4,7,9,17H2,(H,18,19). The molecule has 0 spiro atoms. The van der Waals surface area contributed by atoms with E-state index < -0.39 is 0 Å². The highest BCUT2D eigenvalue weighted by molar-refractivity contribution is 6.33. The highest BCUT2D eigenvalue weighted by Gasteiger charge is 2.29. The average molecular weight is 305 g/mol. The Labute approximate surface area is 128 Å². The van der Waals surface area contributed by atoms with Gasteiger partial charge in [0, 0.05) is 24.7 Å². The van der Waals surface area contributed by atoms with Crippen LogP contribution in [0.4, 0.5) is 0 Å². The average Bonchev–Trinajstić information content (AvgIpc) is 3.16. The predicted molar refractivity (Wildman–Crippen MR) is 82.1 cm³/mol. The molecule has 2 heterocycles. The Balaban J connectivity index is 1.85. The normalized spacial score (nSPS) is 18.2. The summed E-state index contributed by atoms with van der Waals surface area (Å²) < 4.78 is 0. The van der Waals surface area contributed by atoms with Gasteiger partial charge in [-0.3, -0.25) is 9.89 Å². The van der Waals surface area contributed by atoms with E-state index in [4.69, 9.17) is 17.3 Å². The van der Waals surface area contributed by atoms with Crippen molar-refractivity contribution in [1.29, 1.82) is 0 Å². The molecule has 6 heteroatoms. The van der Waals surface area contributed by atoms with Crippen molar-refractivity contribution in [3.63, 3.8) is 0 Å². The van der Waals surface area contributed by atoms with Crippen LogP contribution in [0.25, 0.3) is 11.3 Å². The van der Waals surface area contributed by atoms with Crippen molar-refractivity contribution >= 4 is 17.5 Å². The third kappa shape index (κ3) is 2.66. The molecular weight excluding hydrogens is 288 g/mol. The van der Waals surface area contributed by atoms with Gasteiger partial charge in [0.25, 0.3) is 5.91 Å². The minimum Gasteiger partial charge on any atom is -0.333 e. The van der Waals surface area contributed by atoms with E-state index in [-0.39, 0.29) is 11.9 Å². The number of hydrogen-bond donors (Lipinski definition) is 2. The number of H-pyrrole nitrogens is 1. The van der Waals surface area contributed by atoms with E-state index >= 15 is 0 Å². The summed E-state index contributed by atoms with van der Waals surface area (Å²) in [4.78, 5) is 14.3. The summed E-state index contributed by atoms with van der Waals surface area (Å²) in [5.74, 6) is -0.0475. The number of amides is 1. The van der Waals surface area contributed by atoms with Crippen molar-refractivity contribution in [3.05, 3.63) is 41.0 Å². The second-order valence-corrected chi connectivity index (χ2v) is 5.58. The SMILES string of the molecule is NCC1CCCN1C(=O)c1cc(-c2ccccc2Cl)n[nH]1. The summed E-state index contributed by atoms with van der Waals surface area (Å²) in [5.41, 5.74) is 7.68. The number of halogens is 1. The van der Waals surface area contributed by atoms with Crippen LogP contribution in [0.2, 0.25) is 5.02 Å². The molecule has 1 atom stereocenters. The molecule has 0 saturated carbocycles. The number of carbonyl (C=O) groups is 1. The third-order valence-electron chi connectivity index (χ3n) is 3.87. The summed E-state index contributed by atoms with van der Waals surface area (Å²) in [6.45, 7) is 1.25. The van der Waals surface area contributed by atoms with Gasteiger partial charge in [0.05, 0.1) is 10.7 Å². The molecule has 1 unspecified atom stereocenters. The highest BCUT2D eigenvalue weighted by atomic mass is 35.5. The first-order valence-corrected chi connectivity index (χ1v) is 7.40. The maximum atomic E-state index is 12.5. The lowest BCUT2D eigenvalue weighted by Gasteiger charge is -2.22. The molecule has 110 valence electrons. The minimum absolute atomic E-state index is 0.0475. The Kier molecular flexibility index (Phi) is 3.94. The van der Waals surface area contributed by atoms with Gasteiger partial charge in [-0.2, -0.15) is 5.10 Å². The van der Waals surface area contributed by atoms with Gasteiger partial charge in [-0.05, 0) is 25.0 Å². The van der Waals surface area contributed by atoms with Crippen LogP contribution in [-0.4, -0.2) is 40.1 Å². The van der Waals surface area contributed by atoms with Crippen LogP contribution in [0, 0.1) is 0 Å². The summed E-state index contributed by atoms with van der Waals surface area (Å²) in [5, 5.41) is 7.63. The van der Waals surface area contributed by atoms with E-state index in [1.165, 1.54) is 0 Å². The number of benzene rings is 1. The van der Waals surface area contributed by atoms with Gasteiger partial charge in [0.1, 0.15) is 5.69 Å². The molecule has 0 aliphatic carbocycles. The molecule has 21 heavy (non-hydrogen) atoms. The number of aromatic nitrogens is 2. The Morgan fingerprint density at radius 3 is 3.05 bits per heavy atom. The van der Waals surface area contributed by atoms with Crippen molar-refractivity contribution in [2.75, 3.05) is 13.1 Å². The fraction of sp³-hybridized carbons (Fsp3) is 0.333. The molecular formula is C15H17ClN4O. The Hall–Kier alpha value is -1.85. The van der Waals surface area contributed by atoms with E-state index in [1.807, 2.05) is 23.1 Å². The maximum Gasteiger partial charge on any atom is 0.272 e. The summed E-state index contributed by atoms with van der Waals surface area (Å²) in [7, 11) is 0. The zero-order valence-electron chi connectivity index (χ0n) is 11.6. The van der Waals surface area contributed by atoms with Crippen molar-refractivity contribution in [2.45, 2.75) is 18.9 Å². The maximum absolute atomic E-state index is 12.5. The topological polar surface area (TPSA) is 75.0 Å². The van der Waals surface area contributed by atoms with Gasteiger partial charge >= 0.3 is 0 Å². The van der Waals surface area contributed by atoms with Gasteiger partial charge in [0.15, 0.2) is 0 Å². The first kappa shape index (κ1) is 14.1. The van der Waals surface area contributed by atoms with Crippen LogP contribution in [0.3, 0.4) is 0 Å². The molecule has 1 fully saturated rings. The zero-order chi connectivity index (χ0) is 14.8. The molecule has 2 aromatic rings. The number of likely N-dealkylation sites (tertiary alicyclic amines) is 1. The molecule has 1 aliphatic heterocycles. The summed E-state index contributed by atoms with van der Waals surface area (Å²) in [6.07, 6.45) is 1.97. The van der Waals surface area contributed by atoms with Crippen LogP contribution in [0.15, 0.2) is 30.3 Å². The summed E-state index contributed by atoms with van der Waals surface area (Å²) in [6, 6.07) is 9.31. The van der Waals surface area contributed by atoms with E-state index in [0.717, 1.165) is 24.9 Å². The number of nitrogens with one attached hydrogen (secondary N) is 1. The number of hydrogen-bond acceptors (Lipinski definition) is 3. The second kappa shape index (κ2) is 5.87. The molecule has 0 bridgehead atoms. The van der Waals surface area contributed by atoms with Crippen LogP contribution >= 0.6 is 11.6 Å². The quantitative estimate of drug-likeness (QED) is 0.913. The first-order chi connectivity index (χ1) is 10.2. The fourth-order valence-electron chi connectivity index (χ4n) is 2.74. The van der Waals surface area contributed by atoms with Gasteiger partial charge in [-0.1, -0.05) is 29.8 Å². The van der Waals surface area contributed by atoms with E-state index in [0.29, 0.717) is 23.0 Å². The predicted octanol–water partition coefficient (Wildman–Crippen LogP) is 2.29. The Bertz CT molecular complexity index is 655. The molecule has 3 rings (SSSR count). The smallest absolute Gasteiger partial charge is 0.272 e. The van der Waals surface area contributed by atoms with E-state index in [9.17, 15) is 4.79 Å². The van der Waals surface area contributed by atoms with Crippen molar-refractivity contribution in [1.82, 2.24) is 15.1 Å². The van der Waals surface area contributed by atoms with Gasteiger partial charge < -0.3 is 10.6 Å². The molecule has 1 saturated heterocycles. The monoisotopic (exact) mass is 304 g/mol. The van der Waals surface area contributed by atoms with Crippen LogP contribution in [0.1, 0.15) is 23.3 Å². The molecule has 1 aliphatic rings. The minimum atomic E-state index is -0.0475. The fourth-order valence-corrected chi connectivity index (χ4v) is 2.97. The number of rotatable bonds is 3. The molecule has 1 aromatic carbocycles. The molecule has 1 aromatic heterocycles. The first-order valence-electron chi connectivity index (χ1n) is 7.02. The van der Waals surface area contributed by atoms with Crippen molar-refractivity contribution in [3.8, 4) is 11.3 Å². The lowest BCUT2D eigenvalue weighted by molar-refractivity contribution is 0.0735. The van der Waals surface area contributed by atoms with Crippen LogP contribution < -0.4 is 5.73 Å². The lowest BCUT2D eigenvalue weighted by Crippen LogP contribution is -2.40. The second-order valence-electron chi connectivity index (χ2n) is 5.18. The number of carbonyl (C=O) groups excluding carboxylic acids is 1. The lowest BCUT2D eigenvalue weighted by atomic mass is 10.1. The van der Waals surface area contributed by atoms with E-state index in [2.05, 4.69) is 10.2 Å². The molecule has 1 amide bonds. The largest absolute Gasteiger partial charge is 0.333 e. The van der Waals surface area contributed by atoms with E-state index in [1.54, 1.807) is 12.1 Å². The van der Waals surface area contributed by atoms with Crippen molar-refractivity contribution in [2.24, 2.45) is 5.73 Å². The highest BCUT2D eigenvalue weighted by Crippen LogP contribution is 2.27. The van der Waals surface area contributed by atoms with Gasteiger partial charge in [-0.15, -0.1) is 0 Å². The molecule has 5 nitrogen and oxygen atoms in total. The number of aromatic amines is 1. The van der Waals surface area contributed by atoms with Gasteiger partial charge in [0.2, 0.25) is 0 Å². The summed E-state index contributed by atoms with van der Waals surface area (Å²) >= 11 is 6.15. The Morgan fingerprint density at radius 1 is 1.48 bits per heavy atom. The zero-order valence-corrected chi connectivity index (χ0v) is 12.3. The number of nitrogens with two attached hydrogens (primary N) is 1. The Morgan fingerprint density at radius 2 is 2.29 bits per heavy atom. The molecule has 0 radical (unpaired) electrons. The van der Waals surface area contributed by atoms with Gasteiger partial charge in [-0.25, -0.2) is 0 Å². The third-order valence-corrected chi connectivity index (χ3v) is 4.20. The number of nitrogens with zero attached hydrogens (tertiary/aromatic N) is 2. The van der Waals surface area contributed by atoms with Crippen LogP contribution in [-0.2, 0) is 0 Å². The molecule has 3 N–H and O–H groups in total. The van der Waals surface area contributed by atoms with Crippen molar-refractivity contribution < 1.29 is 4.79 Å².